The first-order valence-corrected chi connectivity index (χ1v) is 10.5. The van der Waals surface area contributed by atoms with E-state index in [1.165, 1.54) is 0 Å². The summed E-state index contributed by atoms with van der Waals surface area (Å²) in [5.41, 5.74) is 4.48. The molecule has 0 saturated heterocycles. The number of ether oxygens (including phenoxy) is 1. The van der Waals surface area contributed by atoms with E-state index in [9.17, 15) is 8.42 Å². The molecule has 0 fully saturated rings. The van der Waals surface area contributed by atoms with Crippen LogP contribution in [0.15, 0.2) is 0 Å². The van der Waals surface area contributed by atoms with E-state index < -0.39 is 20.5 Å². The van der Waals surface area contributed by atoms with E-state index in [-0.39, 0.29) is 5.60 Å². The van der Waals surface area contributed by atoms with Crippen LogP contribution in [0.4, 0.5) is 0 Å². The maximum atomic E-state index is 12.3. The summed E-state index contributed by atoms with van der Waals surface area (Å²) >= 11 is 0.803. The molecule has 0 amide bonds. The van der Waals surface area contributed by atoms with Crippen molar-refractivity contribution in [3.63, 3.8) is 0 Å². The summed E-state index contributed by atoms with van der Waals surface area (Å²) in [4.78, 5) is 0. The molecule has 5 N–H and O–H groups in total. The molecular formula is C17H31N3O4S2. The molecular weight excluding hydrogens is 374 g/mol. The van der Waals surface area contributed by atoms with E-state index in [0.717, 1.165) is 18.4 Å². The quantitative estimate of drug-likeness (QED) is 0.306. The molecule has 0 rings (SSSR count). The molecule has 9 heteroatoms. The highest BCUT2D eigenvalue weighted by Crippen LogP contribution is 2.22. The SMILES string of the molecule is CC#CC(C)(C#CO)SNS(=O)(=O)NC(C)(C)CCOC(C)(C)CCN. The molecule has 0 aliphatic rings. The minimum Gasteiger partial charge on any atom is -0.462 e. The second-order valence-corrected chi connectivity index (χ2v) is 10.1. The van der Waals surface area contributed by atoms with Gasteiger partial charge < -0.3 is 15.6 Å². The molecule has 0 radical (unpaired) electrons. The van der Waals surface area contributed by atoms with Crippen LogP contribution in [0, 0.1) is 23.9 Å². The van der Waals surface area contributed by atoms with E-state index in [0.29, 0.717) is 19.6 Å². The summed E-state index contributed by atoms with van der Waals surface area (Å²) < 4.78 is 34.3. The van der Waals surface area contributed by atoms with Gasteiger partial charge in [0.05, 0.1) is 5.60 Å². The van der Waals surface area contributed by atoms with Gasteiger partial charge in [0.25, 0.3) is 10.2 Å². The Morgan fingerprint density at radius 1 is 1.15 bits per heavy atom. The van der Waals surface area contributed by atoms with Crippen LogP contribution in [0.5, 0.6) is 0 Å². The van der Waals surface area contributed by atoms with Crippen molar-refractivity contribution >= 4 is 22.2 Å². The summed E-state index contributed by atoms with van der Waals surface area (Å²) in [6, 6.07) is 0. The molecule has 0 saturated carbocycles. The third-order valence-electron chi connectivity index (χ3n) is 3.39. The maximum Gasteiger partial charge on any atom is 0.286 e. The fourth-order valence-corrected chi connectivity index (χ4v) is 4.35. The minimum atomic E-state index is -3.81. The number of nitrogens with one attached hydrogen (secondary N) is 2. The van der Waals surface area contributed by atoms with E-state index in [1.54, 1.807) is 33.8 Å². The number of rotatable bonds is 11. The van der Waals surface area contributed by atoms with Crippen LogP contribution in [0.25, 0.3) is 0 Å². The zero-order valence-corrected chi connectivity index (χ0v) is 18.0. The highest BCUT2D eigenvalue weighted by atomic mass is 32.3. The van der Waals surface area contributed by atoms with Gasteiger partial charge in [0.15, 0.2) is 4.75 Å². The first kappa shape index (κ1) is 25.1. The van der Waals surface area contributed by atoms with Crippen molar-refractivity contribution in [1.82, 2.24) is 8.85 Å². The van der Waals surface area contributed by atoms with Gasteiger partial charge in [0, 0.05) is 12.1 Å². The molecule has 0 aromatic rings. The Balaban J connectivity index is 4.75. The summed E-state index contributed by atoms with van der Waals surface area (Å²) in [7, 11) is -3.81. The molecule has 1 unspecified atom stereocenters. The van der Waals surface area contributed by atoms with Crippen LogP contribution >= 0.6 is 11.9 Å². The lowest BCUT2D eigenvalue weighted by molar-refractivity contribution is -0.0280. The van der Waals surface area contributed by atoms with Crippen LogP contribution in [0.1, 0.15) is 54.4 Å². The Morgan fingerprint density at radius 3 is 2.27 bits per heavy atom. The molecule has 0 heterocycles. The van der Waals surface area contributed by atoms with Crippen LogP contribution in [-0.4, -0.2) is 42.6 Å². The average Bonchev–Trinajstić information content (AvgIpc) is 2.44. The monoisotopic (exact) mass is 405 g/mol. The highest BCUT2D eigenvalue weighted by Gasteiger charge is 2.29. The van der Waals surface area contributed by atoms with Gasteiger partial charge in [0.1, 0.15) is 6.11 Å². The van der Waals surface area contributed by atoms with Crippen molar-refractivity contribution in [3.8, 4) is 23.9 Å². The first-order valence-electron chi connectivity index (χ1n) is 8.23. The third kappa shape index (κ3) is 10.9. The lowest BCUT2D eigenvalue weighted by Gasteiger charge is -2.30. The van der Waals surface area contributed by atoms with Crippen molar-refractivity contribution in [2.75, 3.05) is 13.2 Å². The molecule has 0 aromatic carbocycles. The molecule has 26 heavy (non-hydrogen) atoms. The summed E-state index contributed by atoms with van der Waals surface area (Å²) in [6.07, 6.45) is 2.98. The van der Waals surface area contributed by atoms with Gasteiger partial charge >= 0.3 is 0 Å². The largest absolute Gasteiger partial charge is 0.462 e. The number of aliphatic hydroxyl groups is 1. The van der Waals surface area contributed by atoms with Gasteiger partial charge in [-0.1, -0.05) is 5.92 Å². The van der Waals surface area contributed by atoms with Crippen LogP contribution < -0.4 is 14.6 Å². The number of aliphatic hydroxyl groups excluding tert-OH is 1. The predicted octanol–water partition coefficient (Wildman–Crippen LogP) is 1.49. The van der Waals surface area contributed by atoms with Gasteiger partial charge in [-0.25, -0.2) is 0 Å². The van der Waals surface area contributed by atoms with Gasteiger partial charge in [0.2, 0.25) is 0 Å². The van der Waals surface area contributed by atoms with Gasteiger partial charge in [-0.05, 0) is 78.8 Å². The Morgan fingerprint density at radius 2 is 1.77 bits per heavy atom. The second kappa shape index (κ2) is 10.4. The zero-order chi connectivity index (χ0) is 20.5. The molecule has 0 spiro atoms. The standard InChI is InChI=1S/C17H31N3O4S2/c1-7-8-17(6,10-13-21)25-20-26(22,23)19-15(2,3)11-14-24-16(4,5)9-12-18/h19-21H,9,11-12,14,18H2,1-6H3. The summed E-state index contributed by atoms with van der Waals surface area (Å²) in [5, 5.41) is 8.79. The van der Waals surface area contributed by atoms with Gasteiger partial charge in [-0.15, -0.1) is 10.0 Å². The second-order valence-electron chi connectivity index (χ2n) is 7.22. The maximum absolute atomic E-state index is 12.3. The Labute approximate surface area is 162 Å². The molecule has 7 nitrogen and oxygen atoms in total. The highest BCUT2D eigenvalue weighted by molar-refractivity contribution is 8.09. The van der Waals surface area contributed by atoms with Crippen molar-refractivity contribution in [2.45, 2.75) is 70.3 Å². The Bertz CT molecular complexity index is 648. The number of hydrogen-bond acceptors (Lipinski definition) is 6. The van der Waals surface area contributed by atoms with E-state index >= 15 is 0 Å². The average molecular weight is 406 g/mol. The lowest BCUT2D eigenvalue weighted by Crippen LogP contribution is -2.48. The van der Waals surface area contributed by atoms with Crippen molar-refractivity contribution in [2.24, 2.45) is 5.73 Å². The topological polar surface area (TPSA) is 114 Å². The van der Waals surface area contributed by atoms with Crippen LogP contribution in [0.2, 0.25) is 0 Å². The van der Waals surface area contributed by atoms with E-state index in [1.807, 2.05) is 13.8 Å². The van der Waals surface area contributed by atoms with E-state index in [2.05, 4.69) is 26.6 Å². The predicted molar refractivity (Wildman–Crippen MR) is 107 cm³/mol. The fraction of sp³-hybridized carbons (Fsp3) is 0.765. The molecule has 0 aromatic heterocycles. The van der Waals surface area contributed by atoms with Crippen LogP contribution in [-0.2, 0) is 14.9 Å². The molecule has 0 bridgehead atoms. The van der Waals surface area contributed by atoms with Crippen molar-refractivity contribution < 1.29 is 18.3 Å². The summed E-state index contributed by atoms with van der Waals surface area (Å²) in [5.74, 6) is 7.89. The van der Waals surface area contributed by atoms with E-state index in [4.69, 9.17) is 15.6 Å². The minimum absolute atomic E-state index is 0.346. The number of hydrogen-bond donors (Lipinski definition) is 4. The van der Waals surface area contributed by atoms with Crippen molar-refractivity contribution in [1.29, 1.82) is 0 Å². The third-order valence-corrected chi connectivity index (χ3v) is 6.04. The smallest absolute Gasteiger partial charge is 0.286 e. The first-order chi connectivity index (χ1) is 11.8. The molecule has 150 valence electrons. The fourth-order valence-electron chi connectivity index (χ4n) is 2.00. The Kier molecular flexibility index (Phi) is 10.0. The van der Waals surface area contributed by atoms with Crippen molar-refractivity contribution in [3.05, 3.63) is 0 Å². The van der Waals surface area contributed by atoms with Crippen LogP contribution in [0.3, 0.4) is 0 Å². The van der Waals surface area contributed by atoms with Gasteiger partial charge in [-0.3, -0.25) is 0 Å². The molecule has 0 aliphatic carbocycles. The Hall–Kier alpha value is -0.940. The normalized spacial score (nSPS) is 14.6. The molecule has 1 atom stereocenters. The molecule has 0 aliphatic heterocycles. The zero-order valence-electron chi connectivity index (χ0n) is 16.4. The summed E-state index contributed by atoms with van der Waals surface area (Å²) in [6.45, 7) is 11.6. The van der Waals surface area contributed by atoms with Gasteiger partial charge in [-0.2, -0.15) is 13.1 Å². The number of nitrogens with two attached hydrogens (primary N) is 1. The lowest BCUT2D eigenvalue weighted by atomic mass is 10.0.